The van der Waals surface area contributed by atoms with Crippen LogP contribution in [0.1, 0.15) is 40.0 Å². The maximum absolute atomic E-state index is 12.6. The van der Waals surface area contributed by atoms with Gasteiger partial charge in [-0.15, -0.1) is 0 Å². The monoisotopic (exact) mass is 363 g/mol. The van der Waals surface area contributed by atoms with Gasteiger partial charge in [0.05, 0.1) is 6.61 Å². The van der Waals surface area contributed by atoms with Crippen LogP contribution in [-0.4, -0.2) is 78.1 Å². The minimum Gasteiger partial charge on any atom is -0.450 e. The molecule has 6 nitrogen and oxygen atoms in total. The van der Waals surface area contributed by atoms with Gasteiger partial charge in [0.25, 0.3) is 0 Å². The minimum absolute atomic E-state index is 0.130. The molecule has 2 saturated carbocycles. The van der Waals surface area contributed by atoms with Crippen LogP contribution in [0.4, 0.5) is 4.79 Å². The summed E-state index contributed by atoms with van der Waals surface area (Å²) in [5.74, 6) is 2.37. The second-order valence-electron chi connectivity index (χ2n) is 8.46. The Morgan fingerprint density at radius 3 is 2.27 bits per heavy atom. The molecule has 0 spiro atoms. The van der Waals surface area contributed by atoms with Gasteiger partial charge in [-0.05, 0) is 57.8 Å². The zero-order valence-corrected chi connectivity index (χ0v) is 16.4. The van der Waals surface area contributed by atoms with Crippen LogP contribution in [0, 0.1) is 23.7 Å². The number of carbonyl (C=O) groups excluding carboxylic acids is 2. The Morgan fingerprint density at radius 1 is 1.04 bits per heavy atom. The molecule has 2 amide bonds. The smallest absolute Gasteiger partial charge is 0.410 e. The highest BCUT2D eigenvalue weighted by molar-refractivity contribution is 5.82. The second kappa shape index (κ2) is 7.02. The highest BCUT2D eigenvalue weighted by atomic mass is 16.6. The van der Waals surface area contributed by atoms with Crippen LogP contribution in [0.5, 0.6) is 0 Å². The first-order chi connectivity index (χ1) is 12.6. The summed E-state index contributed by atoms with van der Waals surface area (Å²) in [4.78, 5) is 31.4. The fourth-order valence-electron chi connectivity index (χ4n) is 5.91. The molecule has 0 aromatic rings. The van der Waals surface area contributed by atoms with Crippen LogP contribution < -0.4 is 0 Å². The van der Waals surface area contributed by atoms with Crippen molar-refractivity contribution in [2.45, 2.75) is 52.1 Å². The molecule has 3 saturated heterocycles. The number of hydrogen-bond acceptors (Lipinski definition) is 4. The molecule has 5 rings (SSSR count). The van der Waals surface area contributed by atoms with Gasteiger partial charge in [-0.1, -0.05) is 0 Å². The lowest BCUT2D eigenvalue weighted by Gasteiger charge is -2.51. The molecular weight excluding hydrogens is 330 g/mol. The van der Waals surface area contributed by atoms with Gasteiger partial charge < -0.3 is 14.5 Å². The molecule has 0 aromatic heterocycles. The molecule has 146 valence electrons. The van der Waals surface area contributed by atoms with Crippen molar-refractivity contribution in [1.29, 1.82) is 0 Å². The topological polar surface area (TPSA) is 53.1 Å². The van der Waals surface area contributed by atoms with Crippen LogP contribution in [-0.2, 0) is 9.53 Å². The molecule has 2 aliphatic carbocycles. The largest absolute Gasteiger partial charge is 0.450 e. The van der Waals surface area contributed by atoms with Gasteiger partial charge in [0.2, 0.25) is 5.91 Å². The predicted molar refractivity (Wildman–Crippen MR) is 98.6 cm³/mol. The summed E-state index contributed by atoms with van der Waals surface area (Å²) in [6.07, 6.45) is 3.29. The quantitative estimate of drug-likeness (QED) is 0.750. The van der Waals surface area contributed by atoms with Crippen molar-refractivity contribution in [2.75, 3.05) is 39.3 Å². The van der Waals surface area contributed by atoms with Gasteiger partial charge >= 0.3 is 6.09 Å². The molecule has 0 radical (unpaired) electrons. The first kappa shape index (κ1) is 18.1. The highest BCUT2D eigenvalue weighted by Crippen LogP contribution is 2.54. The highest BCUT2D eigenvalue weighted by Gasteiger charge is 2.61. The number of hydrogen-bond donors (Lipinski definition) is 0. The molecular formula is C20H33N3O3. The van der Waals surface area contributed by atoms with E-state index in [1.165, 1.54) is 6.42 Å². The lowest BCUT2D eigenvalue weighted by Crippen LogP contribution is -2.60. The van der Waals surface area contributed by atoms with Crippen molar-refractivity contribution in [3.63, 3.8) is 0 Å². The molecule has 0 aromatic carbocycles. The molecule has 2 bridgehead atoms. The summed E-state index contributed by atoms with van der Waals surface area (Å²) in [6, 6.07) is 0.936. The van der Waals surface area contributed by atoms with Crippen molar-refractivity contribution in [3.8, 4) is 0 Å². The molecule has 3 heterocycles. The fourth-order valence-corrected chi connectivity index (χ4v) is 5.91. The van der Waals surface area contributed by atoms with Gasteiger partial charge in [0.1, 0.15) is 0 Å². The number of ether oxygens (including phenoxy) is 1. The van der Waals surface area contributed by atoms with Crippen LogP contribution in [0.3, 0.4) is 0 Å². The molecule has 5 fully saturated rings. The fraction of sp³-hybridized carbons (Fsp3) is 0.900. The van der Waals surface area contributed by atoms with E-state index in [0.29, 0.717) is 42.4 Å². The third-order valence-corrected chi connectivity index (χ3v) is 7.35. The van der Waals surface area contributed by atoms with Crippen LogP contribution in [0.25, 0.3) is 0 Å². The van der Waals surface area contributed by atoms with E-state index in [9.17, 15) is 9.59 Å². The molecule has 5 aliphatic rings. The number of likely N-dealkylation sites (tertiary alicyclic amines) is 1. The first-order valence-electron chi connectivity index (χ1n) is 10.5. The Balaban J connectivity index is 1.32. The van der Waals surface area contributed by atoms with E-state index < -0.39 is 0 Å². The zero-order chi connectivity index (χ0) is 18.4. The summed E-state index contributed by atoms with van der Waals surface area (Å²) in [7, 11) is 0. The SMILES string of the molecule is CCOC(=O)N1C[C@H]2CC[C@@H]1CC2N1C[C@@H]2[C@H](C1)[C@H]2C(=O)N(CC)CC. The zero-order valence-electron chi connectivity index (χ0n) is 16.4. The second-order valence-corrected chi connectivity index (χ2v) is 8.46. The third kappa shape index (κ3) is 2.90. The van der Waals surface area contributed by atoms with Gasteiger partial charge in [-0.3, -0.25) is 9.69 Å². The first-order valence-corrected chi connectivity index (χ1v) is 10.5. The van der Waals surface area contributed by atoms with Gasteiger partial charge in [0.15, 0.2) is 0 Å². The molecule has 1 unspecified atom stereocenters. The van der Waals surface area contributed by atoms with Crippen molar-refractivity contribution < 1.29 is 14.3 Å². The van der Waals surface area contributed by atoms with Crippen LogP contribution in [0.15, 0.2) is 0 Å². The van der Waals surface area contributed by atoms with Crippen molar-refractivity contribution >= 4 is 12.0 Å². The van der Waals surface area contributed by atoms with E-state index in [-0.39, 0.29) is 12.0 Å². The summed E-state index contributed by atoms with van der Waals surface area (Å²) in [6.45, 7) is 11.1. The van der Waals surface area contributed by atoms with E-state index in [1.54, 1.807) is 0 Å². The minimum atomic E-state index is -0.130. The van der Waals surface area contributed by atoms with E-state index in [1.807, 2.05) is 16.7 Å². The maximum Gasteiger partial charge on any atom is 0.410 e. The summed E-state index contributed by atoms with van der Waals surface area (Å²) < 4.78 is 5.23. The van der Waals surface area contributed by atoms with Gasteiger partial charge in [-0.2, -0.15) is 0 Å². The Hall–Kier alpha value is -1.30. The van der Waals surface area contributed by atoms with E-state index in [2.05, 4.69) is 18.7 Å². The summed E-state index contributed by atoms with van der Waals surface area (Å²) >= 11 is 0. The Kier molecular flexibility index (Phi) is 4.88. The van der Waals surface area contributed by atoms with Crippen LogP contribution in [0.2, 0.25) is 0 Å². The number of amides is 2. The predicted octanol–water partition coefficient (Wildman–Crippen LogP) is 2.04. The number of carbonyl (C=O) groups is 2. The normalized spacial score (nSPS) is 38.2. The van der Waals surface area contributed by atoms with Crippen molar-refractivity contribution in [3.05, 3.63) is 0 Å². The lowest BCUT2D eigenvalue weighted by atomic mass is 9.75. The van der Waals surface area contributed by atoms with E-state index in [0.717, 1.165) is 45.6 Å². The number of nitrogens with zero attached hydrogens (tertiary/aromatic N) is 3. The van der Waals surface area contributed by atoms with Crippen LogP contribution >= 0.6 is 0 Å². The van der Waals surface area contributed by atoms with Gasteiger partial charge in [0, 0.05) is 50.7 Å². The summed E-state index contributed by atoms with van der Waals surface area (Å²) in [5, 5.41) is 0. The number of piperidine rings is 3. The van der Waals surface area contributed by atoms with Crippen molar-refractivity contribution in [2.24, 2.45) is 23.7 Å². The lowest BCUT2D eigenvalue weighted by molar-refractivity contribution is -0.133. The average molecular weight is 364 g/mol. The molecule has 6 atom stereocenters. The van der Waals surface area contributed by atoms with Gasteiger partial charge in [-0.25, -0.2) is 4.79 Å². The Bertz CT molecular complexity index is 553. The Morgan fingerprint density at radius 2 is 1.73 bits per heavy atom. The molecule has 0 N–H and O–H groups in total. The molecule has 3 aliphatic heterocycles. The molecule has 26 heavy (non-hydrogen) atoms. The number of fused-ring (bicyclic) bond motifs is 4. The Labute approximate surface area is 156 Å². The summed E-state index contributed by atoms with van der Waals surface area (Å²) in [5.41, 5.74) is 0. The van der Waals surface area contributed by atoms with E-state index >= 15 is 0 Å². The average Bonchev–Trinajstić information content (AvgIpc) is 3.16. The van der Waals surface area contributed by atoms with Crippen molar-refractivity contribution in [1.82, 2.24) is 14.7 Å². The number of rotatable bonds is 5. The van der Waals surface area contributed by atoms with E-state index in [4.69, 9.17) is 4.74 Å². The molecule has 6 heteroatoms. The third-order valence-electron chi connectivity index (χ3n) is 7.35. The maximum atomic E-state index is 12.6. The standard InChI is InChI=1S/C20H33N3O3/c1-4-21(5-2)19(24)18-15-11-22(12-16(15)18)17-9-14-8-7-13(17)10-23(14)20(25)26-6-3/h13-18H,4-12H2,1-3H3/t13-,14-,15-,16+,17?,18+/m1/s1.